The number of methoxy groups -OCH3 is 1. The topological polar surface area (TPSA) is 99.0 Å². The van der Waals surface area contributed by atoms with E-state index in [1.807, 2.05) is 12.1 Å². The summed E-state index contributed by atoms with van der Waals surface area (Å²) in [6.07, 6.45) is 1.84. The number of rotatable bonds is 7. The molecule has 0 N–H and O–H groups in total. The number of hydrogen-bond acceptors (Lipinski definition) is 6. The van der Waals surface area contributed by atoms with Gasteiger partial charge in [-0.1, -0.05) is 12.1 Å². The van der Waals surface area contributed by atoms with Crippen molar-refractivity contribution in [2.75, 3.05) is 14.2 Å². The predicted molar refractivity (Wildman–Crippen MR) is 105 cm³/mol. The Hall–Kier alpha value is -3.42. The van der Waals surface area contributed by atoms with Gasteiger partial charge in [0, 0.05) is 37.6 Å². The number of likely N-dealkylation sites (tertiary alicyclic amines) is 1. The lowest BCUT2D eigenvalue weighted by atomic mass is 10.0. The van der Waals surface area contributed by atoms with Crippen molar-refractivity contribution in [2.45, 2.75) is 31.7 Å². The highest BCUT2D eigenvalue weighted by atomic mass is 16.6. The maximum absolute atomic E-state index is 11.9. The third-order valence-corrected chi connectivity index (χ3v) is 5.05. The fourth-order valence-corrected chi connectivity index (χ4v) is 3.37. The summed E-state index contributed by atoms with van der Waals surface area (Å²) in [6, 6.07) is 11.4. The molecule has 1 atom stereocenters. The largest absolute Gasteiger partial charge is 0.469 e. The molecule has 1 heterocycles. The van der Waals surface area contributed by atoms with E-state index in [1.54, 1.807) is 30.1 Å². The number of nitro benzene ring substituents is 1. The van der Waals surface area contributed by atoms with Crippen LogP contribution in [-0.4, -0.2) is 35.9 Å². The van der Waals surface area contributed by atoms with Crippen LogP contribution < -0.4 is 4.74 Å². The van der Waals surface area contributed by atoms with Crippen molar-refractivity contribution >= 4 is 17.6 Å². The number of benzene rings is 2. The third kappa shape index (κ3) is 4.71. The Labute approximate surface area is 168 Å². The number of hydrogen-bond donors (Lipinski definition) is 0. The van der Waals surface area contributed by atoms with Crippen molar-refractivity contribution in [1.82, 2.24) is 4.90 Å². The second-order valence-electron chi connectivity index (χ2n) is 6.86. The molecule has 0 bridgehead atoms. The number of carbonyl (C=O) groups is 2. The molecule has 2 aromatic carbocycles. The van der Waals surface area contributed by atoms with Crippen molar-refractivity contribution < 1.29 is 24.0 Å². The number of aryl methyl sites for hydroxylation is 1. The van der Waals surface area contributed by atoms with Crippen molar-refractivity contribution in [3.05, 3.63) is 63.7 Å². The van der Waals surface area contributed by atoms with E-state index < -0.39 is 4.92 Å². The average Bonchev–Trinajstić information content (AvgIpc) is 3.05. The van der Waals surface area contributed by atoms with E-state index >= 15 is 0 Å². The number of nitrogens with zero attached hydrogens (tertiary/aromatic N) is 2. The number of carbonyl (C=O) groups excluding carboxylic acids is 2. The van der Waals surface area contributed by atoms with E-state index in [-0.39, 0.29) is 23.6 Å². The third-order valence-electron chi connectivity index (χ3n) is 5.05. The zero-order valence-electron chi connectivity index (χ0n) is 16.3. The molecule has 0 aliphatic carbocycles. The molecule has 3 rings (SSSR count). The van der Waals surface area contributed by atoms with Crippen LogP contribution in [0.3, 0.4) is 0 Å². The van der Waals surface area contributed by atoms with Gasteiger partial charge in [-0.2, -0.15) is 0 Å². The van der Waals surface area contributed by atoms with Gasteiger partial charge < -0.3 is 14.4 Å². The van der Waals surface area contributed by atoms with E-state index in [9.17, 15) is 19.7 Å². The Morgan fingerprint density at radius 3 is 2.55 bits per heavy atom. The molecule has 1 amide bonds. The van der Waals surface area contributed by atoms with Crippen LogP contribution in [0.5, 0.6) is 11.5 Å². The van der Waals surface area contributed by atoms with Crippen LogP contribution in [0.25, 0.3) is 0 Å². The molecule has 8 heteroatoms. The van der Waals surface area contributed by atoms with E-state index in [2.05, 4.69) is 4.74 Å². The summed E-state index contributed by atoms with van der Waals surface area (Å²) in [6.45, 7) is 0. The van der Waals surface area contributed by atoms with Crippen molar-refractivity contribution in [3.63, 3.8) is 0 Å². The monoisotopic (exact) mass is 398 g/mol. The minimum Gasteiger partial charge on any atom is -0.469 e. The number of amides is 1. The summed E-state index contributed by atoms with van der Waals surface area (Å²) in [5.41, 5.74) is 1.54. The van der Waals surface area contributed by atoms with Crippen LogP contribution in [0, 0.1) is 10.1 Å². The van der Waals surface area contributed by atoms with Gasteiger partial charge in [-0.3, -0.25) is 19.7 Å². The van der Waals surface area contributed by atoms with E-state index in [4.69, 9.17) is 4.74 Å². The quantitative estimate of drug-likeness (QED) is 0.400. The van der Waals surface area contributed by atoms with Crippen molar-refractivity contribution in [2.24, 2.45) is 0 Å². The summed E-state index contributed by atoms with van der Waals surface area (Å²) in [4.78, 5) is 35.5. The SMILES string of the molecule is COC(=O)CCc1ccc(Oc2ccc([N+](=O)[O-])cc2C2CCC(=O)N2C)cc1. The van der Waals surface area contributed by atoms with Crippen LogP contribution in [0.1, 0.15) is 36.4 Å². The maximum Gasteiger partial charge on any atom is 0.305 e. The van der Waals surface area contributed by atoms with Gasteiger partial charge in [0.2, 0.25) is 5.91 Å². The summed E-state index contributed by atoms with van der Waals surface area (Å²) < 4.78 is 10.6. The lowest BCUT2D eigenvalue weighted by molar-refractivity contribution is -0.385. The first-order valence-corrected chi connectivity index (χ1v) is 9.26. The Balaban J connectivity index is 1.82. The maximum atomic E-state index is 11.9. The van der Waals surface area contributed by atoms with E-state index in [1.165, 1.54) is 19.2 Å². The van der Waals surface area contributed by atoms with Crippen LogP contribution in [0.15, 0.2) is 42.5 Å². The molecule has 8 nitrogen and oxygen atoms in total. The minimum absolute atomic E-state index is 0.00224. The molecule has 29 heavy (non-hydrogen) atoms. The molecule has 1 unspecified atom stereocenters. The molecule has 2 aromatic rings. The van der Waals surface area contributed by atoms with Crippen LogP contribution >= 0.6 is 0 Å². The fraction of sp³-hybridized carbons (Fsp3) is 0.333. The predicted octanol–water partition coefficient (Wildman–Crippen LogP) is 3.79. The van der Waals surface area contributed by atoms with Crippen LogP contribution in [0.2, 0.25) is 0 Å². The Kier molecular flexibility index (Phi) is 6.11. The summed E-state index contributed by atoms with van der Waals surface area (Å²) >= 11 is 0. The lowest BCUT2D eigenvalue weighted by Gasteiger charge is -2.22. The van der Waals surface area contributed by atoms with Gasteiger partial charge in [0.25, 0.3) is 5.69 Å². The van der Waals surface area contributed by atoms with Crippen molar-refractivity contribution in [3.8, 4) is 11.5 Å². The van der Waals surface area contributed by atoms with Gasteiger partial charge >= 0.3 is 5.97 Å². The normalized spacial score (nSPS) is 16.0. The molecule has 0 spiro atoms. The standard InChI is InChI=1S/C21H22N2O6/c1-22-18(9-11-20(22)24)17-13-15(23(26)27)6-10-19(17)29-16-7-3-14(4-8-16)5-12-21(25)28-2/h3-4,6-8,10,13,18H,5,9,11-12H2,1-2H3. The van der Waals surface area contributed by atoms with Gasteiger partial charge in [-0.25, -0.2) is 0 Å². The molecule has 0 radical (unpaired) electrons. The fourth-order valence-electron chi connectivity index (χ4n) is 3.37. The van der Waals surface area contributed by atoms with Gasteiger partial charge in [-0.15, -0.1) is 0 Å². The first-order chi connectivity index (χ1) is 13.9. The Morgan fingerprint density at radius 1 is 1.24 bits per heavy atom. The Bertz CT molecular complexity index is 925. The highest BCUT2D eigenvalue weighted by Crippen LogP contribution is 2.40. The van der Waals surface area contributed by atoms with Gasteiger partial charge in [0.05, 0.1) is 18.1 Å². The van der Waals surface area contributed by atoms with Crippen molar-refractivity contribution in [1.29, 1.82) is 0 Å². The van der Waals surface area contributed by atoms with Crippen LogP contribution in [-0.2, 0) is 20.7 Å². The zero-order valence-corrected chi connectivity index (χ0v) is 16.3. The van der Waals surface area contributed by atoms with Gasteiger partial charge in [0.15, 0.2) is 0 Å². The summed E-state index contributed by atoms with van der Waals surface area (Å²) in [7, 11) is 3.05. The van der Waals surface area contributed by atoms with Crippen LogP contribution in [0.4, 0.5) is 5.69 Å². The highest BCUT2D eigenvalue weighted by Gasteiger charge is 2.32. The molecule has 0 aromatic heterocycles. The van der Waals surface area contributed by atoms with E-state index in [0.717, 1.165) is 5.56 Å². The molecule has 0 saturated carbocycles. The molecule has 1 fully saturated rings. The molecular formula is C21H22N2O6. The average molecular weight is 398 g/mol. The number of esters is 1. The smallest absolute Gasteiger partial charge is 0.305 e. The molecule has 1 aliphatic heterocycles. The zero-order chi connectivity index (χ0) is 21.0. The summed E-state index contributed by atoms with van der Waals surface area (Å²) in [5, 5.41) is 11.2. The van der Waals surface area contributed by atoms with Gasteiger partial charge in [-0.05, 0) is 36.6 Å². The molecule has 1 aliphatic rings. The summed E-state index contributed by atoms with van der Waals surface area (Å²) in [5.74, 6) is 0.775. The first-order valence-electron chi connectivity index (χ1n) is 9.26. The van der Waals surface area contributed by atoms with E-state index in [0.29, 0.717) is 42.7 Å². The highest BCUT2D eigenvalue weighted by molar-refractivity contribution is 5.79. The molecular weight excluding hydrogens is 376 g/mol. The number of ether oxygens (including phenoxy) is 2. The number of nitro groups is 1. The Morgan fingerprint density at radius 2 is 1.97 bits per heavy atom. The second-order valence-corrected chi connectivity index (χ2v) is 6.86. The molecule has 1 saturated heterocycles. The molecule has 152 valence electrons. The minimum atomic E-state index is -0.458. The second kappa shape index (κ2) is 8.72. The number of non-ortho nitro benzene ring substituents is 1. The first kappa shape index (κ1) is 20.3. The lowest BCUT2D eigenvalue weighted by Crippen LogP contribution is -2.22. The van der Waals surface area contributed by atoms with Gasteiger partial charge in [0.1, 0.15) is 11.5 Å².